The molecule has 2 atom stereocenters. The second-order valence-electron chi connectivity index (χ2n) is 4.72. The summed E-state index contributed by atoms with van der Waals surface area (Å²) in [6.45, 7) is 7.65. The molecule has 0 bridgehead atoms. The topological polar surface area (TPSA) is 78.9 Å². The van der Waals surface area contributed by atoms with Crippen molar-refractivity contribution in [2.24, 2.45) is 16.3 Å². The van der Waals surface area contributed by atoms with Gasteiger partial charge in [-0.3, -0.25) is 4.79 Å². The summed E-state index contributed by atoms with van der Waals surface area (Å²) in [5.41, 5.74) is 4.70. The van der Waals surface area contributed by atoms with Gasteiger partial charge in [0.25, 0.3) is 0 Å². The number of hydrogen-bond acceptors (Lipinski definition) is 3. The summed E-state index contributed by atoms with van der Waals surface area (Å²) in [5.74, 6) is -0.128. The minimum Gasteiger partial charge on any atom is -0.409 e. The van der Waals surface area contributed by atoms with Crippen molar-refractivity contribution < 1.29 is 10.0 Å². The molecule has 0 fully saturated rings. The van der Waals surface area contributed by atoms with Gasteiger partial charge in [0.1, 0.15) is 5.41 Å². The average molecular weight is 243 g/mol. The average Bonchev–Trinajstić information content (AvgIpc) is 2.35. The van der Waals surface area contributed by atoms with Crippen LogP contribution in [0.4, 0.5) is 0 Å². The van der Waals surface area contributed by atoms with E-state index in [2.05, 4.69) is 12.1 Å². The van der Waals surface area contributed by atoms with Crippen LogP contribution in [0.15, 0.2) is 5.16 Å². The first kappa shape index (κ1) is 15.7. The first-order valence-electron chi connectivity index (χ1n) is 6.10. The molecule has 0 aromatic carbocycles. The number of nitrogens with zero attached hydrogens (tertiary/aromatic N) is 2. The van der Waals surface area contributed by atoms with Crippen LogP contribution in [0.3, 0.4) is 0 Å². The first-order chi connectivity index (χ1) is 7.84. The quantitative estimate of drug-likeness (QED) is 0.323. The second-order valence-corrected chi connectivity index (χ2v) is 4.72. The van der Waals surface area contributed by atoms with Crippen LogP contribution in [0, 0.1) is 5.41 Å². The normalized spacial score (nSPS) is 17.4. The molecule has 100 valence electrons. The van der Waals surface area contributed by atoms with Crippen molar-refractivity contribution in [1.29, 1.82) is 0 Å². The lowest BCUT2D eigenvalue weighted by atomic mass is 9.84. The van der Waals surface area contributed by atoms with Crippen molar-refractivity contribution in [3.8, 4) is 0 Å². The zero-order valence-electron chi connectivity index (χ0n) is 11.5. The molecule has 0 saturated carbocycles. The third-order valence-electron chi connectivity index (χ3n) is 3.54. The predicted octanol–water partition coefficient (Wildman–Crippen LogP) is 1.80. The summed E-state index contributed by atoms with van der Waals surface area (Å²) in [5, 5.41) is 11.8. The zero-order chi connectivity index (χ0) is 13.6. The molecule has 0 heterocycles. The molecule has 0 spiro atoms. The summed E-state index contributed by atoms with van der Waals surface area (Å²) in [6.07, 6.45) is 2.47. The Bertz CT molecular complexity index is 291. The smallest absolute Gasteiger partial charge is 0.236 e. The molecule has 0 saturated heterocycles. The second kappa shape index (κ2) is 6.47. The summed E-state index contributed by atoms with van der Waals surface area (Å²) >= 11 is 0. The number of hydrogen-bond donors (Lipinski definition) is 2. The molecule has 3 N–H and O–H groups in total. The molecule has 0 aromatic heterocycles. The summed E-state index contributed by atoms with van der Waals surface area (Å²) in [6, 6.07) is 0.157. The Labute approximate surface area is 104 Å². The monoisotopic (exact) mass is 243 g/mol. The van der Waals surface area contributed by atoms with Crippen molar-refractivity contribution in [3.63, 3.8) is 0 Å². The molecule has 5 nitrogen and oxygen atoms in total. The minimum atomic E-state index is -0.925. The van der Waals surface area contributed by atoms with Gasteiger partial charge in [-0.05, 0) is 26.7 Å². The maximum atomic E-state index is 12.4. The van der Waals surface area contributed by atoms with Gasteiger partial charge in [0.15, 0.2) is 5.84 Å². The number of oxime groups is 1. The van der Waals surface area contributed by atoms with Crippen molar-refractivity contribution in [3.05, 3.63) is 0 Å². The number of amidine groups is 1. The van der Waals surface area contributed by atoms with E-state index in [0.717, 1.165) is 12.8 Å². The molecule has 0 rings (SSSR count). The summed E-state index contributed by atoms with van der Waals surface area (Å²) in [7, 11) is 1.77. The lowest BCUT2D eigenvalue weighted by Crippen LogP contribution is -2.50. The van der Waals surface area contributed by atoms with E-state index in [0.29, 0.717) is 6.42 Å². The number of carbonyl (C=O) groups is 1. The van der Waals surface area contributed by atoms with Gasteiger partial charge >= 0.3 is 0 Å². The van der Waals surface area contributed by atoms with Crippen LogP contribution in [-0.4, -0.2) is 34.9 Å². The molecule has 0 aliphatic heterocycles. The van der Waals surface area contributed by atoms with Crippen molar-refractivity contribution in [2.45, 2.75) is 53.0 Å². The van der Waals surface area contributed by atoms with Crippen LogP contribution in [0.5, 0.6) is 0 Å². The highest BCUT2D eigenvalue weighted by Gasteiger charge is 2.39. The molecular formula is C12H25N3O2. The summed E-state index contributed by atoms with van der Waals surface area (Å²) in [4.78, 5) is 14.1. The lowest BCUT2D eigenvalue weighted by molar-refractivity contribution is -0.138. The molecule has 2 unspecified atom stereocenters. The third kappa shape index (κ3) is 3.35. The van der Waals surface area contributed by atoms with E-state index in [1.54, 1.807) is 18.9 Å². The van der Waals surface area contributed by atoms with Gasteiger partial charge in [0.2, 0.25) is 5.91 Å². The molecule has 0 aliphatic carbocycles. The Kier molecular flexibility index (Phi) is 5.99. The van der Waals surface area contributed by atoms with Crippen LogP contribution < -0.4 is 5.73 Å². The SMILES string of the molecule is CCCC(C)N(C)C(=O)C(C)(CC)C(N)=NO. The minimum absolute atomic E-state index is 0.0273. The standard InChI is InChI=1S/C12H25N3O2/c1-6-8-9(3)15(5)11(16)12(4,7-2)10(13)14-17/h9,17H,6-8H2,1-5H3,(H2,13,14). The van der Waals surface area contributed by atoms with Gasteiger partial charge in [-0.2, -0.15) is 0 Å². The predicted molar refractivity (Wildman–Crippen MR) is 68.9 cm³/mol. The molecular weight excluding hydrogens is 218 g/mol. The van der Waals surface area contributed by atoms with Crippen molar-refractivity contribution in [1.82, 2.24) is 4.90 Å². The Morgan fingerprint density at radius 3 is 2.41 bits per heavy atom. The Balaban J connectivity index is 4.99. The fourth-order valence-corrected chi connectivity index (χ4v) is 1.75. The lowest BCUT2D eigenvalue weighted by Gasteiger charge is -2.34. The van der Waals surface area contributed by atoms with Crippen LogP contribution in [0.1, 0.15) is 47.0 Å². The highest BCUT2D eigenvalue weighted by atomic mass is 16.4. The first-order valence-corrected chi connectivity index (χ1v) is 6.10. The maximum Gasteiger partial charge on any atom is 0.236 e. The Morgan fingerprint density at radius 1 is 1.53 bits per heavy atom. The number of amides is 1. The molecule has 1 amide bonds. The van der Waals surface area contributed by atoms with Crippen LogP contribution in [0.2, 0.25) is 0 Å². The van der Waals surface area contributed by atoms with E-state index in [1.807, 2.05) is 13.8 Å². The van der Waals surface area contributed by atoms with E-state index in [-0.39, 0.29) is 17.8 Å². The van der Waals surface area contributed by atoms with Gasteiger partial charge in [-0.15, -0.1) is 0 Å². The van der Waals surface area contributed by atoms with E-state index < -0.39 is 5.41 Å². The van der Waals surface area contributed by atoms with Crippen LogP contribution >= 0.6 is 0 Å². The maximum absolute atomic E-state index is 12.4. The van der Waals surface area contributed by atoms with Gasteiger partial charge in [0, 0.05) is 13.1 Å². The number of carbonyl (C=O) groups excluding carboxylic acids is 1. The number of rotatable bonds is 6. The fraction of sp³-hybridized carbons (Fsp3) is 0.833. The van der Waals surface area contributed by atoms with Gasteiger partial charge < -0.3 is 15.8 Å². The van der Waals surface area contributed by atoms with Crippen molar-refractivity contribution >= 4 is 11.7 Å². The zero-order valence-corrected chi connectivity index (χ0v) is 11.5. The van der Waals surface area contributed by atoms with E-state index in [9.17, 15) is 4.79 Å². The molecule has 0 aliphatic rings. The largest absolute Gasteiger partial charge is 0.409 e. The third-order valence-corrected chi connectivity index (χ3v) is 3.54. The Morgan fingerprint density at radius 2 is 2.06 bits per heavy atom. The highest BCUT2D eigenvalue weighted by Crippen LogP contribution is 2.25. The Hall–Kier alpha value is -1.26. The molecule has 0 aromatic rings. The van der Waals surface area contributed by atoms with Crippen LogP contribution in [-0.2, 0) is 4.79 Å². The molecule has 5 heteroatoms. The van der Waals surface area contributed by atoms with E-state index >= 15 is 0 Å². The van der Waals surface area contributed by atoms with Gasteiger partial charge in [-0.25, -0.2) is 0 Å². The van der Waals surface area contributed by atoms with Gasteiger partial charge in [-0.1, -0.05) is 25.4 Å². The number of nitrogens with two attached hydrogens (primary N) is 1. The highest BCUT2D eigenvalue weighted by molar-refractivity contribution is 6.06. The van der Waals surface area contributed by atoms with Crippen molar-refractivity contribution in [2.75, 3.05) is 7.05 Å². The molecule has 0 radical (unpaired) electrons. The summed E-state index contributed by atoms with van der Waals surface area (Å²) < 4.78 is 0. The van der Waals surface area contributed by atoms with E-state index in [1.165, 1.54) is 0 Å². The fourth-order valence-electron chi connectivity index (χ4n) is 1.75. The van der Waals surface area contributed by atoms with E-state index in [4.69, 9.17) is 10.9 Å². The molecule has 17 heavy (non-hydrogen) atoms. The van der Waals surface area contributed by atoms with Gasteiger partial charge in [0.05, 0.1) is 0 Å². The van der Waals surface area contributed by atoms with Crippen LogP contribution in [0.25, 0.3) is 0 Å².